The normalized spacial score (nSPS) is 24.8. The summed E-state index contributed by atoms with van der Waals surface area (Å²) < 4.78 is 16.4. The third-order valence-corrected chi connectivity index (χ3v) is 3.07. The fourth-order valence-corrected chi connectivity index (χ4v) is 2.17. The first-order valence-corrected chi connectivity index (χ1v) is 6.10. The van der Waals surface area contributed by atoms with Crippen LogP contribution in [0.2, 0.25) is 0 Å². The van der Waals surface area contributed by atoms with Gasteiger partial charge in [-0.05, 0) is 26.3 Å². The monoisotopic (exact) mass is 240 g/mol. The molecule has 0 amide bonds. The minimum Gasteiger partial charge on any atom is -0.447 e. The predicted octanol–water partition coefficient (Wildman–Crippen LogP) is 1.73. The van der Waals surface area contributed by atoms with Crippen LogP contribution < -0.4 is 10.1 Å². The zero-order valence-electron chi connectivity index (χ0n) is 10.4. The van der Waals surface area contributed by atoms with Crippen LogP contribution in [0, 0.1) is 0 Å². The van der Waals surface area contributed by atoms with Crippen LogP contribution in [0.15, 0.2) is 10.7 Å². The summed E-state index contributed by atoms with van der Waals surface area (Å²) in [5.41, 5.74) is 0.863. The molecule has 1 saturated carbocycles. The number of ether oxygens (including phenoxy) is 2. The highest BCUT2D eigenvalue weighted by atomic mass is 16.6. The fourth-order valence-electron chi connectivity index (χ4n) is 2.17. The van der Waals surface area contributed by atoms with Gasteiger partial charge in [-0.3, -0.25) is 0 Å². The van der Waals surface area contributed by atoms with Gasteiger partial charge in [-0.15, -0.1) is 0 Å². The Morgan fingerprint density at radius 2 is 2.29 bits per heavy atom. The van der Waals surface area contributed by atoms with Gasteiger partial charge in [0.1, 0.15) is 12.4 Å². The Balaban J connectivity index is 1.86. The van der Waals surface area contributed by atoms with Crippen LogP contribution >= 0.6 is 0 Å². The molecule has 1 aromatic rings. The lowest BCUT2D eigenvalue weighted by atomic mass is 9.95. The number of hydrogen-bond donors (Lipinski definition) is 1. The van der Waals surface area contributed by atoms with Gasteiger partial charge in [0.25, 0.3) is 0 Å². The van der Waals surface area contributed by atoms with Crippen molar-refractivity contribution in [1.82, 2.24) is 10.3 Å². The molecular formula is C12H20N2O3. The molecule has 17 heavy (non-hydrogen) atoms. The van der Waals surface area contributed by atoms with Crippen molar-refractivity contribution in [2.45, 2.75) is 44.4 Å². The second kappa shape index (κ2) is 6.02. The average Bonchev–Trinajstić information content (AvgIpc) is 2.77. The van der Waals surface area contributed by atoms with Crippen LogP contribution in [0.3, 0.4) is 0 Å². The van der Waals surface area contributed by atoms with Crippen LogP contribution in [0.4, 0.5) is 0 Å². The SMILES string of the molecule is CNCc1coc(OC2CCCC(OC)C2)n1. The predicted molar refractivity (Wildman–Crippen MR) is 62.9 cm³/mol. The Labute approximate surface area is 102 Å². The number of hydrogen-bond acceptors (Lipinski definition) is 5. The summed E-state index contributed by atoms with van der Waals surface area (Å²) in [6, 6.07) is 0. The summed E-state index contributed by atoms with van der Waals surface area (Å²) in [6.07, 6.45) is 6.68. The van der Waals surface area contributed by atoms with E-state index in [2.05, 4.69) is 10.3 Å². The molecule has 0 aromatic carbocycles. The molecule has 5 nitrogen and oxygen atoms in total. The molecule has 1 aliphatic rings. The van der Waals surface area contributed by atoms with Crippen molar-refractivity contribution in [2.75, 3.05) is 14.2 Å². The summed E-state index contributed by atoms with van der Waals surface area (Å²) >= 11 is 0. The molecule has 2 atom stereocenters. The number of methoxy groups -OCH3 is 1. The van der Waals surface area contributed by atoms with Crippen molar-refractivity contribution in [3.05, 3.63) is 12.0 Å². The molecule has 2 unspecified atom stereocenters. The number of nitrogens with one attached hydrogen (secondary N) is 1. The van der Waals surface area contributed by atoms with E-state index < -0.39 is 0 Å². The van der Waals surface area contributed by atoms with Gasteiger partial charge in [0, 0.05) is 20.1 Å². The van der Waals surface area contributed by atoms with Gasteiger partial charge in [0.2, 0.25) is 0 Å². The minimum absolute atomic E-state index is 0.162. The van der Waals surface area contributed by atoms with Crippen molar-refractivity contribution in [1.29, 1.82) is 0 Å². The summed E-state index contributed by atoms with van der Waals surface area (Å²) in [6.45, 7) is 0.693. The largest absolute Gasteiger partial charge is 0.447 e. The summed E-state index contributed by atoms with van der Waals surface area (Å²) in [7, 11) is 3.63. The second-order valence-electron chi connectivity index (χ2n) is 4.40. The zero-order chi connectivity index (χ0) is 12.1. The van der Waals surface area contributed by atoms with E-state index in [0.717, 1.165) is 31.4 Å². The molecule has 1 heterocycles. The number of rotatable bonds is 5. The molecule has 96 valence electrons. The number of oxazole rings is 1. The van der Waals surface area contributed by atoms with Crippen LogP contribution in [0.1, 0.15) is 31.4 Å². The average molecular weight is 240 g/mol. The third kappa shape index (κ3) is 3.44. The minimum atomic E-state index is 0.162. The van der Waals surface area contributed by atoms with E-state index in [1.807, 2.05) is 7.05 Å². The fraction of sp³-hybridized carbons (Fsp3) is 0.750. The maximum absolute atomic E-state index is 5.73. The van der Waals surface area contributed by atoms with Crippen LogP contribution in [0.5, 0.6) is 6.08 Å². The molecule has 0 aliphatic heterocycles. The quantitative estimate of drug-likeness (QED) is 0.849. The molecule has 1 fully saturated rings. The van der Waals surface area contributed by atoms with Crippen molar-refractivity contribution in [3.8, 4) is 6.08 Å². The molecule has 2 rings (SSSR count). The molecule has 0 bridgehead atoms. The lowest BCUT2D eigenvalue weighted by Crippen LogP contribution is -2.29. The molecule has 1 N–H and O–H groups in total. The van der Waals surface area contributed by atoms with Crippen molar-refractivity contribution < 1.29 is 13.9 Å². The highest BCUT2D eigenvalue weighted by molar-refractivity contribution is 5.00. The van der Waals surface area contributed by atoms with Crippen LogP contribution in [-0.4, -0.2) is 31.3 Å². The summed E-state index contributed by atoms with van der Waals surface area (Å²) in [4.78, 5) is 4.25. The van der Waals surface area contributed by atoms with E-state index in [0.29, 0.717) is 18.7 Å². The molecule has 0 spiro atoms. The molecular weight excluding hydrogens is 220 g/mol. The van der Waals surface area contributed by atoms with Gasteiger partial charge in [0.15, 0.2) is 0 Å². The lowest BCUT2D eigenvalue weighted by molar-refractivity contribution is 0.0111. The maximum atomic E-state index is 5.73. The van der Waals surface area contributed by atoms with E-state index in [-0.39, 0.29) is 6.10 Å². The molecule has 0 saturated heterocycles. The smallest absolute Gasteiger partial charge is 0.394 e. The van der Waals surface area contributed by atoms with Gasteiger partial charge in [-0.25, -0.2) is 0 Å². The zero-order valence-corrected chi connectivity index (χ0v) is 10.4. The van der Waals surface area contributed by atoms with E-state index >= 15 is 0 Å². The number of nitrogens with zero attached hydrogens (tertiary/aromatic N) is 1. The van der Waals surface area contributed by atoms with Gasteiger partial charge in [0.05, 0.1) is 11.8 Å². The van der Waals surface area contributed by atoms with E-state index in [1.165, 1.54) is 0 Å². The Morgan fingerprint density at radius 3 is 3.06 bits per heavy atom. The first-order chi connectivity index (χ1) is 8.31. The standard InChI is InChI=1S/C12H20N2O3/c1-13-7-9-8-16-12(14-9)17-11-5-3-4-10(6-11)15-2/h8,10-11,13H,3-7H2,1-2H3. The Hall–Kier alpha value is -1.07. The lowest BCUT2D eigenvalue weighted by Gasteiger charge is -2.27. The number of aromatic nitrogens is 1. The van der Waals surface area contributed by atoms with E-state index in [4.69, 9.17) is 13.9 Å². The van der Waals surface area contributed by atoms with Gasteiger partial charge < -0.3 is 19.2 Å². The van der Waals surface area contributed by atoms with Gasteiger partial charge in [-0.1, -0.05) is 0 Å². The van der Waals surface area contributed by atoms with E-state index in [9.17, 15) is 0 Å². The Kier molecular flexibility index (Phi) is 4.39. The summed E-state index contributed by atoms with van der Waals surface area (Å²) in [5, 5.41) is 3.02. The second-order valence-corrected chi connectivity index (χ2v) is 4.40. The molecule has 1 aliphatic carbocycles. The Morgan fingerprint density at radius 1 is 1.47 bits per heavy atom. The summed E-state index contributed by atoms with van der Waals surface area (Å²) in [5.74, 6) is 0. The van der Waals surface area contributed by atoms with Crippen molar-refractivity contribution >= 4 is 0 Å². The third-order valence-electron chi connectivity index (χ3n) is 3.07. The van der Waals surface area contributed by atoms with Crippen LogP contribution in [-0.2, 0) is 11.3 Å². The molecule has 0 radical (unpaired) electrons. The molecule has 5 heteroatoms. The van der Waals surface area contributed by atoms with Crippen molar-refractivity contribution in [3.63, 3.8) is 0 Å². The highest BCUT2D eigenvalue weighted by Gasteiger charge is 2.24. The van der Waals surface area contributed by atoms with E-state index in [1.54, 1.807) is 13.4 Å². The first kappa shape index (κ1) is 12.4. The first-order valence-electron chi connectivity index (χ1n) is 6.10. The highest BCUT2D eigenvalue weighted by Crippen LogP contribution is 2.24. The van der Waals surface area contributed by atoms with Crippen LogP contribution in [0.25, 0.3) is 0 Å². The topological polar surface area (TPSA) is 56.5 Å². The van der Waals surface area contributed by atoms with Crippen molar-refractivity contribution in [2.24, 2.45) is 0 Å². The molecule has 1 aromatic heterocycles. The van der Waals surface area contributed by atoms with Gasteiger partial charge >= 0.3 is 6.08 Å². The van der Waals surface area contributed by atoms with Gasteiger partial charge in [-0.2, -0.15) is 4.98 Å². The Bertz CT molecular complexity index is 340. The maximum Gasteiger partial charge on any atom is 0.394 e.